The van der Waals surface area contributed by atoms with Crippen LogP contribution in [-0.2, 0) is 0 Å². The van der Waals surface area contributed by atoms with E-state index in [1.807, 2.05) is 24.3 Å². The van der Waals surface area contributed by atoms with Gasteiger partial charge < -0.3 is 10.1 Å². The summed E-state index contributed by atoms with van der Waals surface area (Å²) < 4.78 is 6.86. The first-order chi connectivity index (χ1) is 9.31. The summed E-state index contributed by atoms with van der Waals surface area (Å²) in [6.45, 7) is 0. The average molecular weight is 256 g/mol. The van der Waals surface area contributed by atoms with Crippen LogP contribution in [0.1, 0.15) is 0 Å². The molecule has 0 saturated heterocycles. The van der Waals surface area contributed by atoms with E-state index in [9.17, 15) is 0 Å². The number of ether oxygens (including phenoxy) is 1. The number of benzene rings is 1. The summed E-state index contributed by atoms with van der Waals surface area (Å²) >= 11 is 0. The van der Waals surface area contributed by atoms with Gasteiger partial charge in [0.2, 0.25) is 11.9 Å². The number of nitrogens with one attached hydrogen (secondary N) is 1. The smallest absolute Gasteiger partial charge is 0.322 e. The number of nitrogens with zero attached hydrogens (tertiary/aromatic N) is 5. The van der Waals surface area contributed by atoms with Crippen molar-refractivity contribution in [2.24, 2.45) is 0 Å². The molecule has 7 nitrogen and oxygen atoms in total. The van der Waals surface area contributed by atoms with Gasteiger partial charge in [0.1, 0.15) is 6.33 Å². The molecule has 0 bridgehead atoms. The van der Waals surface area contributed by atoms with Gasteiger partial charge in [0.05, 0.1) is 18.1 Å². The fraction of sp³-hybridized carbons (Fsp3) is 0.167. The van der Waals surface area contributed by atoms with Crippen LogP contribution in [0.4, 0.5) is 5.95 Å². The second kappa shape index (κ2) is 4.52. The molecule has 96 valence electrons. The average Bonchev–Trinajstić information content (AvgIpc) is 2.90. The lowest BCUT2D eigenvalue weighted by molar-refractivity contribution is 0.378. The zero-order chi connectivity index (χ0) is 13.2. The minimum Gasteiger partial charge on any atom is -0.467 e. The zero-order valence-electron chi connectivity index (χ0n) is 10.5. The van der Waals surface area contributed by atoms with E-state index in [0.29, 0.717) is 11.9 Å². The Morgan fingerprint density at radius 1 is 1.16 bits per heavy atom. The molecule has 3 rings (SSSR count). The van der Waals surface area contributed by atoms with Crippen molar-refractivity contribution in [2.45, 2.75) is 0 Å². The topological polar surface area (TPSA) is 77.8 Å². The molecule has 1 aromatic carbocycles. The number of para-hydroxylation sites is 2. The monoisotopic (exact) mass is 256 g/mol. The number of anilines is 1. The normalized spacial score (nSPS) is 10.6. The molecule has 0 fully saturated rings. The van der Waals surface area contributed by atoms with Crippen molar-refractivity contribution in [3.05, 3.63) is 30.6 Å². The molecule has 19 heavy (non-hydrogen) atoms. The molecule has 7 heteroatoms. The first-order valence-corrected chi connectivity index (χ1v) is 5.72. The Balaban J connectivity index is 2.20. The highest BCUT2D eigenvalue weighted by Crippen LogP contribution is 2.17. The van der Waals surface area contributed by atoms with Gasteiger partial charge in [-0.1, -0.05) is 12.1 Å². The van der Waals surface area contributed by atoms with Crippen LogP contribution in [0, 0.1) is 0 Å². The Morgan fingerprint density at radius 2 is 2.00 bits per heavy atom. The molecule has 0 radical (unpaired) electrons. The highest BCUT2D eigenvalue weighted by Gasteiger charge is 2.10. The zero-order valence-corrected chi connectivity index (χ0v) is 10.5. The Labute approximate surface area is 109 Å². The van der Waals surface area contributed by atoms with Crippen LogP contribution in [0.25, 0.3) is 17.0 Å². The Kier molecular flexibility index (Phi) is 2.71. The summed E-state index contributed by atoms with van der Waals surface area (Å²) in [6, 6.07) is 8.03. The Bertz CT molecular complexity index is 701. The molecule has 0 spiro atoms. The van der Waals surface area contributed by atoms with Crippen LogP contribution in [-0.4, -0.2) is 38.7 Å². The third-order valence-corrected chi connectivity index (χ3v) is 2.68. The van der Waals surface area contributed by atoms with Crippen LogP contribution >= 0.6 is 0 Å². The predicted molar refractivity (Wildman–Crippen MR) is 70.6 cm³/mol. The molecule has 0 amide bonds. The van der Waals surface area contributed by atoms with Crippen LogP contribution in [0.5, 0.6) is 6.01 Å². The molecule has 1 N–H and O–H groups in total. The summed E-state index contributed by atoms with van der Waals surface area (Å²) in [5.74, 6) is 0.907. The summed E-state index contributed by atoms with van der Waals surface area (Å²) in [6.07, 6.45) is 1.68. The third kappa shape index (κ3) is 1.95. The number of imidazole rings is 1. The van der Waals surface area contributed by atoms with Gasteiger partial charge >= 0.3 is 6.01 Å². The van der Waals surface area contributed by atoms with Crippen LogP contribution in [0.15, 0.2) is 30.6 Å². The van der Waals surface area contributed by atoms with Gasteiger partial charge in [0.25, 0.3) is 0 Å². The van der Waals surface area contributed by atoms with E-state index >= 15 is 0 Å². The van der Waals surface area contributed by atoms with Crippen LogP contribution < -0.4 is 10.1 Å². The first-order valence-electron chi connectivity index (χ1n) is 5.72. The second-order valence-electron chi connectivity index (χ2n) is 3.80. The summed E-state index contributed by atoms with van der Waals surface area (Å²) in [4.78, 5) is 16.9. The summed E-state index contributed by atoms with van der Waals surface area (Å²) in [5, 5.41) is 2.88. The lowest BCUT2D eigenvalue weighted by Crippen LogP contribution is -2.07. The van der Waals surface area contributed by atoms with Crippen molar-refractivity contribution in [1.82, 2.24) is 24.5 Å². The van der Waals surface area contributed by atoms with E-state index in [2.05, 4.69) is 25.3 Å². The van der Waals surface area contributed by atoms with E-state index in [1.165, 1.54) is 7.11 Å². The van der Waals surface area contributed by atoms with E-state index < -0.39 is 0 Å². The van der Waals surface area contributed by atoms with Gasteiger partial charge in [-0.25, -0.2) is 4.98 Å². The fourth-order valence-corrected chi connectivity index (χ4v) is 1.78. The molecule has 0 unspecified atom stereocenters. The molecular weight excluding hydrogens is 244 g/mol. The maximum Gasteiger partial charge on any atom is 0.322 e. The maximum atomic E-state index is 5.07. The summed E-state index contributed by atoms with van der Waals surface area (Å²) in [5.41, 5.74) is 1.81. The highest BCUT2D eigenvalue weighted by molar-refractivity contribution is 5.76. The number of hydrogen-bond acceptors (Lipinski definition) is 6. The molecule has 0 atom stereocenters. The molecule has 2 aromatic heterocycles. The van der Waals surface area contributed by atoms with Crippen molar-refractivity contribution in [1.29, 1.82) is 0 Å². The van der Waals surface area contributed by atoms with Gasteiger partial charge in [-0.15, -0.1) is 0 Å². The molecule has 0 aliphatic rings. The van der Waals surface area contributed by atoms with E-state index in [4.69, 9.17) is 4.74 Å². The fourth-order valence-electron chi connectivity index (χ4n) is 1.78. The van der Waals surface area contributed by atoms with Crippen molar-refractivity contribution in [2.75, 3.05) is 19.5 Å². The van der Waals surface area contributed by atoms with E-state index in [0.717, 1.165) is 11.0 Å². The standard InChI is InChI=1S/C12H12N6O/c1-13-10-15-11(17-12(16-10)19-2)18-7-14-8-5-3-4-6-9(8)18/h3-7H,1-2H3,(H,13,15,16,17). The largest absolute Gasteiger partial charge is 0.467 e. The molecule has 0 saturated carbocycles. The van der Waals surface area contributed by atoms with Crippen molar-refractivity contribution >= 4 is 17.0 Å². The number of rotatable bonds is 3. The SMILES string of the molecule is CNc1nc(OC)nc(-n2cnc3ccccc32)n1. The minimum atomic E-state index is 0.257. The predicted octanol–water partition coefficient (Wildman–Crippen LogP) is 1.26. The number of fused-ring (bicyclic) bond motifs is 1. The maximum absolute atomic E-state index is 5.07. The highest BCUT2D eigenvalue weighted by atomic mass is 16.5. The van der Waals surface area contributed by atoms with Crippen molar-refractivity contribution in [3.63, 3.8) is 0 Å². The Hall–Kier alpha value is -2.70. The second-order valence-corrected chi connectivity index (χ2v) is 3.80. The molecule has 3 aromatic rings. The lowest BCUT2D eigenvalue weighted by Gasteiger charge is -2.06. The van der Waals surface area contributed by atoms with Crippen molar-refractivity contribution < 1.29 is 4.74 Å². The number of methoxy groups -OCH3 is 1. The van der Waals surface area contributed by atoms with Gasteiger partial charge in [-0.3, -0.25) is 4.57 Å². The van der Waals surface area contributed by atoms with Crippen LogP contribution in [0.3, 0.4) is 0 Å². The van der Waals surface area contributed by atoms with E-state index in [1.54, 1.807) is 17.9 Å². The minimum absolute atomic E-state index is 0.257. The molecule has 0 aliphatic heterocycles. The molecule has 2 heterocycles. The molecular formula is C12H12N6O. The lowest BCUT2D eigenvalue weighted by atomic mass is 10.3. The van der Waals surface area contributed by atoms with Gasteiger partial charge in [-0.05, 0) is 12.1 Å². The van der Waals surface area contributed by atoms with Gasteiger partial charge in [0, 0.05) is 7.05 Å². The van der Waals surface area contributed by atoms with Gasteiger partial charge in [0.15, 0.2) is 0 Å². The number of hydrogen-bond donors (Lipinski definition) is 1. The quantitative estimate of drug-likeness (QED) is 0.760. The molecule has 0 aliphatic carbocycles. The Morgan fingerprint density at radius 3 is 2.79 bits per heavy atom. The number of aromatic nitrogens is 5. The van der Waals surface area contributed by atoms with Gasteiger partial charge in [-0.2, -0.15) is 15.0 Å². The van der Waals surface area contributed by atoms with Crippen molar-refractivity contribution in [3.8, 4) is 12.0 Å². The third-order valence-electron chi connectivity index (χ3n) is 2.68. The van der Waals surface area contributed by atoms with E-state index in [-0.39, 0.29) is 6.01 Å². The summed E-state index contributed by atoms with van der Waals surface area (Å²) in [7, 11) is 3.26. The first kappa shape index (κ1) is 11.4. The van der Waals surface area contributed by atoms with Crippen LogP contribution in [0.2, 0.25) is 0 Å².